The fraction of sp³-hybridized carbons (Fsp3) is 0.312. The number of amides is 1. The van der Waals surface area contributed by atoms with E-state index in [1.165, 1.54) is 0 Å². The van der Waals surface area contributed by atoms with Gasteiger partial charge in [0, 0.05) is 19.3 Å². The normalized spacial score (nSPS) is 10.7. The van der Waals surface area contributed by atoms with E-state index in [9.17, 15) is 4.79 Å². The van der Waals surface area contributed by atoms with Crippen molar-refractivity contribution in [3.63, 3.8) is 0 Å². The molecule has 0 aliphatic heterocycles. The lowest BCUT2D eigenvalue weighted by molar-refractivity contribution is 0.0945. The molecule has 1 amide bonds. The molecule has 0 aliphatic rings. The molecule has 5 heteroatoms. The molecule has 1 aromatic heterocycles. The van der Waals surface area contributed by atoms with E-state index >= 15 is 0 Å². The highest BCUT2D eigenvalue weighted by Gasteiger charge is 2.09. The molecule has 112 valence electrons. The Bertz CT molecular complexity index is 650. The zero-order valence-corrected chi connectivity index (χ0v) is 13.6. The lowest BCUT2D eigenvalue weighted by Crippen LogP contribution is -2.26. The predicted molar refractivity (Wildman–Crippen MR) is 87.3 cm³/mol. The maximum absolute atomic E-state index is 12.0. The predicted octanol–water partition coefficient (Wildman–Crippen LogP) is 4.00. The summed E-state index contributed by atoms with van der Waals surface area (Å²) < 4.78 is 1.88. The second kappa shape index (κ2) is 7.01. The van der Waals surface area contributed by atoms with Crippen LogP contribution < -0.4 is 5.32 Å². The first-order valence-corrected chi connectivity index (χ1v) is 7.59. The number of carbonyl (C=O) groups excluding carboxylic acids is 1. The van der Waals surface area contributed by atoms with Crippen LogP contribution in [0.1, 0.15) is 28.2 Å². The number of halogens is 2. The van der Waals surface area contributed by atoms with E-state index in [1.54, 1.807) is 6.07 Å². The van der Waals surface area contributed by atoms with Gasteiger partial charge in [-0.3, -0.25) is 4.79 Å². The quantitative estimate of drug-likeness (QED) is 0.828. The summed E-state index contributed by atoms with van der Waals surface area (Å²) in [5.74, 6) is -0.0419. The Morgan fingerprint density at radius 3 is 2.57 bits per heavy atom. The standard InChI is InChI=1S/C16H18Cl2N2O/c1-11-5-8-15(20(11)2)16(21)19-9-3-4-12-6-7-13(17)14(18)10-12/h5-8,10H,3-4,9H2,1-2H3,(H,19,21). The van der Waals surface area contributed by atoms with Gasteiger partial charge in [0.2, 0.25) is 0 Å². The molecule has 0 spiro atoms. The number of rotatable bonds is 5. The Labute approximate surface area is 134 Å². The lowest BCUT2D eigenvalue weighted by Gasteiger charge is -2.07. The summed E-state index contributed by atoms with van der Waals surface area (Å²) in [5, 5.41) is 4.06. The molecule has 0 radical (unpaired) electrons. The summed E-state index contributed by atoms with van der Waals surface area (Å²) in [7, 11) is 1.89. The van der Waals surface area contributed by atoms with E-state index in [-0.39, 0.29) is 5.91 Å². The van der Waals surface area contributed by atoms with Crippen LogP contribution in [0.15, 0.2) is 30.3 Å². The van der Waals surface area contributed by atoms with E-state index in [0.717, 1.165) is 24.1 Å². The van der Waals surface area contributed by atoms with Crippen LogP contribution in [0.3, 0.4) is 0 Å². The molecule has 1 N–H and O–H groups in total. The fourth-order valence-corrected chi connectivity index (χ4v) is 2.44. The van der Waals surface area contributed by atoms with Gasteiger partial charge in [-0.2, -0.15) is 0 Å². The van der Waals surface area contributed by atoms with E-state index < -0.39 is 0 Å². The van der Waals surface area contributed by atoms with Gasteiger partial charge >= 0.3 is 0 Å². The van der Waals surface area contributed by atoms with Crippen LogP contribution in [-0.4, -0.2) is 17.0 Å². The van der Waals surface area contributed by atoms with Crippen LogP contribution in [-0.2, 0) is 13.5 Å². The summed E-state index contributed by atoms with van der Waals surface area (Å²) in [6.07, 6.45) is 1.70. The minimum atomic E-state index is -0.0419. The molecule has 1 aromatic carbocycles. The lowest BCUT2D eigenvalue weighted by atomic mass is 10.1. The first-order chi connectivity index (χ1) is 9.99. The highest BCUT2D eigenvalue weighted by molar-refractivity contribution is 6.42. The van der Waals surface area contributed by atoms with Crippen molar-refractivity contribution in [2.75, 3.05) is 6.54 Å². The topological polar surface area (TPSA) is 34.0 Å². The molecule has 0 unspecified atom stereocenters. The molecule has 0 atom stereocenters. The Kier molecular flexibility index (Phi) is 5.32. The Hall–Kier alpha value is -1.45. The minimum absolute atomic E-state index is 0.0419. The van der Waals surface area contributed by atoms with Gasteiger partial charge < -0.3 is 9.88 Å². The van der Waals surface area contributed by atoms with Gasteiger partial charge in [0.05, 0.1) is 10.0 Å². The van der Waals surface area contributed by atoms with Crippen LogP contribution in [0.2, 0.25) is 10.0 Å². The Morgan fingerprint density at radius 2 is 1.95 bits per heavy atom. The highest BCUT2D eigenvalue weighted by atomic mass is 35.5. The zero-order chi connectivity index (χ0) is 15.4. The third kappa shape index (κ3) is 4.02. The molecule has 2 rings (SSSR count). The number of benzene rings is 1. The third-order valence-electron chi connectivity index (χ3n) is 3.52. The van der Waals surface area contributed by atoms with Crippen LogP contribution >= 0.6 is 23.2 Å². The number of nitrogens with zero attached hydrogens (tertiary/aromatic N) is 1. The molecule has 0 bridgehead atoms. The first-order valence-electron chi connectivity index (χ1n) is 6.83. The minimum Gasteiger partial charge on any atom is -0.351 e. The van der Waals surface area contributed by atoms with Crippen LogP contribution in [0, 0.1) is 6.92 Å². The van der Waals surface area contributed by atoms with Gasteiger partial charge in [-0.1, -0.05) is 29.3 Å². The maximum atomic E-state index is 12.0. The second-order valence-electron chi connectivity index (χ2n) is 5.03. The Balaban J connectivity index is 1.80. The van der Waals surface area contributed by atoms with E-state index in [0.29, 0.717) is 22.3 Å². The monoisotopic (exact) mass is 324 g/mol. The average Bonchev–Trinajstić information content (AvgIpc) is 2.79. The number of aryl methyl sites for hydroxylation is 2. The molecule has 0 saturated heterocycles. The number of hydrogen-bond acceptors (Lipinski definition) is 1. The highest BCUT2D eigenvalue weighted by Crippen LogP contribution is 2.23. The summed E-state index contributed by atoms with van der Waals surface area (Å²) in [6, 6.07) is 9.39. The van der Waals surface area contributed by atoms with Crippen molar-refractivity contribution in [1.82, 2.24) is 9.88 Å². The second-order valence-corrected chi connectivity index (χ2v) is 5.84. The third-order valence-corrected chi connectivity index (χ3v) is 4.26. The van der Waals surface area contributed by atoms with Crippen molar-refractivity contribution in [2.24, 2.45) is 7.05 Å². The van der Waals surface area contributed by atoms with Gasteiger partial charge in [-0.05, 0) is 49.6 Å². The van der Waals surface area contributed by atoms with Crippen molar-refractivity contribution in [1.29, 1.82) is 0 Å². The molecule has 2 aromatic rings. The molecular weight excluding hydrogens is 307 g/mol. The molecule has 0 saturated carbocycles. The molecule has 1 heterocycles. The first kappa shape index (κ1) is 15.9. The SMILES string of the molecule is Cc1ccc(C(=O)NCCCc2ccc(Cl)c(Cl)c2)n1C. The van der Waals surface area contributed by atoms with Crippen LogP contribution in [0.25, 0.3) is 0 Å². The average molecular weight is 325 g/mol. The molecule has 21 heavy (non-hydrogen) atoms. The van der Waals surface area contributed by atoms with Crippen molar-refractivity contribution >= 4 is 29.1 Å². The summed E-state index contributed by atoms with van der Waals surface area (Å²) in [5.41, 5.74) is 2.87. The molecular formula is C16H18Cl2N2O. The Morgan fingerprint density at radius 1 is 1.19 bits per heavy atom. The molecule has 3 nitrogen and oxygen atoms in total. The smallest absolute Gasteiger partial charge is 0.267 e. The number of nitrogens with one attached hydrogen (secondary N) is 1. The molecule has 0 aliphatic carbocycles. The van der Waals surface area contributed by atoms with Gasteiger partial charge in [0.1, 0.15) is 5.69 Å². The van der Waals surface area contributed by atoms with Gasteiger partial charge in [0.15, 0.2) is 0 Å². The van der Waals surface area contributed by atoms with Gasteiger partial charge in [-0.15, -0.1) is 0 Å². The summed E-state index contributed by atoms with van der Waals surface area (Å²) in [4.78, 5) is 12.0. The fourth-order valence-electron chi connectivity index (χ4n) is 2.12. The van der Waals surface area contributed by atoms with Crippen molar-refractivity contribution in [3.05, 3.63) is 57.3 Å². The van der Waals surface area contributed by atoms with E-state index in [2.05, 4.69) is 5.32 Å². The summed E-state index contributed by atoms with van der Waals surface area (Å²) in [6.45, 7) is 2.60. The van der Waals surface area contributed by atoms with Gasteiger partial charge in [-0.25, -0.2) is 0 Å². The largest absolute Gasteiger partial charge is 0.351 e. The van der Waals surface area contributed by atoms with E-state index in [1.807, 2.05) is 42.8 Å². The maximum Gasteiger partial charge on any atom is 0.267 e. The van der Waals surface area contributed by atoms with E-state index in [4.69, 9.17) is 23.2 Å². The molecule has 0 fully saturated rings. The number of carbonyl (C=O) groups is 1. The van der Waals surface area contributed by atoms with Crippen molar-refractivity contribution in [2.45, 2.75) is 19.8 Å². The summed E-state index contributed by atoms with van der Waals surface area (Å²) >= 11 is 11.8. The van der Waals surface area contributed by atoms with Gasteiger partial charge in [0.25, 0.3) is 5.91 Å². The number of hydrogen-bond donors (Lipinski definition) is 1. The number of aromatic nitrogens is 1. The van der Waals surface area contributed by atoms with Crippen molar-refractivity contribution < 1.29 is 4.79 Å². The van der Waals surface area contributed by atoms with Crippen molar-refractivity contribution in [3.8, 4) is 0 Å². The van der Waals surface area contributed by atoms with Crippen LogP contribution in [0.4, 0.5) is 0 Å². The van der Waals surface area contributed by atoms with Crippen LogP contribution in [0.5, 0.6) is 0 Å². The zero-order valence-electron chi connectivity index (χ0n) is 12.1.